The Morgan fingerprint density at radius 1 is 1.67 bits per heavy atom. The highest BCUT2D eigenvalue weighted by atomic mass is 32.2. The van der Waals surface area contributed by atoms with Gasteiger partial charge in [0.05, 0.1) is 11.9 Å². The average Bonchev–Trinajstić information content (AvgIpc) is 2.09. The van der Waals surface area contributed by atoms with Crippen LogP contribution in [0.15, 0.2) is 18.5 Å². The van der Waals surface area contributed by atoms with E-state index in [2.05, 4.69) is 10.3 Å². The molecule has 0 radical (unpaired) electrons. The summed E-state index contributed by atoms with van der Waals surface area (Å²) in [6, 6.07) is 1.63. The van der Waals surface area contributed by atoms with Gasteiger partial charge in [-0.1, -0.05) is 0 Å². The molecule has 0 unspecified atom stereocenters. The molecule has 0 fully saturated rings. The van der Waals surface area contributed by atoms with E-state index in [4.69, 9.17) is 0 Å². The molecule has 0 aromatic carbocycles. The van der Waals surface area contributed by atoms with Crippen molar-refractivity contribution in [2.24, 2.45) is 0 Å². The Balaban J connectivity index is 2.46. The van der Waals surface area contributed by atoms with Gasteiger partial charge in [0.15, 0.2) is 5.82 Å². The molecule has 1 N–H and O–H groups in total. The highest BCUT2D eigenvalue weighted by molar-refractivity contribution is 7.98. The van der Waals surface area contributed by atoms with Crippen LogP contribution >= 0.6 is 11.8 Å². The number of nitrogens with one attached hydrogen (secondary N) is 1. The molecule has 1 rings (SSSR count). The second kappa shape index (κ2) is 4.98. The number of hydrogen-bond donors (Lipinski definition) is 1. The first-order chi connectivity index (χ1) is 5.84. The predicted octanol–water partition coefficient (Wildman–Crippen LogP) is 2.00. The smallest absolute Gasteiger partial charge is 0.164 e. The SMILES string of the molecule is CSCCNc1ccncc1F. The third-order valence-electron chi connectivity index (χ3n) is 1.39. The van der Waals surface area contributed by atoms with Crippen LogP contribution in [0, 0.1) is 5.82 Å². The summed E-state index contributed by atoms with van der Waals surface area (Å²) in [5.41, 5.74) is 0.527. The quantitative estimate of drug-likeness (QED) is 0.728. The Hall–Kier alpha value is -0.770. The lowest BCUT2D eigenvalue weighted by atomic mass is 10.4. The summed E-state index contributed by atoms with van der Waals surface area (Å²) >= 11 is 1.73. The first-order valence-electron chi connectivity index (χ1n) is 3.67. The lowest BCUT2D eigenvalue weighted by Gasteiger charge is -2.04. The monoisotopic (exact) mass is 186 g/mol. The Kier molecular flexibility index (Phi) is 3.87. The van der Waals surface area contributed by atoms with Gasteiger partial charge in [0, 0.05) is 18.5 Å². The van der Waals surface area contributed by atoms with Crippen molar-refractivity contribution in [2.75, 3.05) is 23.9 Å². The third-order valence-corrected chi connectivity index (χ3v) is 2.01. The Morgan fingerprint density at radius 3 is 3.17 bits per heavy atom. The first kappa shape index (κ1) is 9.32. The number of pyridine rings is 1. The molecule has 1 heterocycles. The molecule has 0 saturated carbocycles. The van der Waals surface area contributed by atoms with Crippen LogP contribution in [-0.4, -0.2) is 23.5 Å². The van der Waals surface area contributed by atoms with Crippen molar-refractivity contribution in [3.63, 3.8) is 0 Å². The molecule has 66 valence electrons. The maximum absolute atomic E-state index is 12.9. The maximum Gasteiger partial charge on any atom is 0.164 e. The molecular formula is C8H11FN2S. The Bertz CT molecular complexity index is 242. The van der Waals surface area contributed by atoms with Crippen molar-refractivity contribution in [1.29, 1.82) is 0 Å². The number of anilines is 1. The maximum atomic E-state index is 12.9. The highest BCUT2D eigenvalue weighted by Gasteiger charge is 1.97. The number of aromatic nitrogens is 1. The van der Waals surface area contributed by atoms with E-state index in [1.54, 1.807) is 24.0 Å². The summed E-state index contributed by atoms with van der Waals surface area (Å²) in [4.78, 5) is 3.65. The summed E-state index contributed by atoms with van der Waals surface area (Å²) in [6.07, 6.45) is 4.80. The molecule has 0 aliphatic carbocycles. The zero-order valence-corrected chi connectivity index (χ0v) is 7.70. The van der Waals surface area contributed by atoms with Crippen LogP contribution in [-0.2, 0) is 0 Å². The van der Waals surface area contributed by atoms with Gasteiger partial charge in [0.25, 0.3) is 0 Å². The Labute approximate surface area is 75.6 Å². The van der Waals surface area contributed by atoms with Gasteiger partial charge >= 0.3 is 0 Å². The van der Waals surface area contributed by atoms with Crippen molar-refractivity contribution in [3.8, 4) is 0 Å². The lowest BCUT2D eigenvalue weighted by molar-refractivity contribution is 0.624. The van der Waals surface area contributed by atoms with Crippen LogP contribution in [0.4, 0.5) is 10.1 Å². The molecule has 4 heteroatoms. The van der Waals surface area contributed by atoms with Gasteiger partial charge in [-0.25, -0.2) is 4.39 Å². The van der Waals surface area contributed by atoms with Crippen molar-refractivity contribution in [2.45, 2.75) is 0 Å². The van der Waals surface area contributed by atoms with Crippen molar-refractivity contribution in [3.05, 3.63) is 24.3 Å². The molecule has 1 aromatic heterocycles. The molecular weight excluding hydrogens is 175 g/mol. The zero-order chi connectivity index (χ0) is 8.81. The summed E-state index contributed by atoms with van der Waals surface area (Å²) in [5, 5.41) is 2.98. The summed E-state index contributed by atoms with van der Waals surface area (Å²) in [5.74, 6) is 0.681. The van der Waals surface area contributed by atoms with Crippen LogP contribution in [0.25, 0.3) is 0 Å². The average molecular weight is 186 g/mol. The molecule has 0 bridgehead atoms. The zero-order valence-electron chi connectivity index (χ0n) is 6.88. The molecule has 0 amide bonds. The topological polar surface area (TPSA) is 24.9 Å². The van der Waals surface area contributed by atoms with Gasteiger partial charge in [0.1, 0.15) is 0 Å². The summed E-state index contributed by atoms with van der Waals surface area (Å²) < 4.78 is 12.9. The standard InChI is InChI=1S/C8H11FN2S/c1-12-5-4-11-8-2-3-10-6-7(8)9/h2-3,6H,4-5H2,1H3,(H,10,11). The molecule has 12 heavy (non-hydrogen) atoms. The van der Waals surface area contributed by atoms with Crippen LogP contribution in [0.1, 0.15) is 0 Å². The van der Waals surface area contributed by atoms with E-state index in [-0.39, 0.29) is 5.82 Å². The molecule has 0 aliphatic heterocycles. The van der Waals surface area contributed by atoms with Gasteiger partial charge in [-0.3, -0.25) is 4.98 Å². The second-order valence-electron chi connectivity index (χ2n) is 2.28. The van der Waals surface area contributed by atoms with E-state index >= 15 is 0 Å². The Morgan fingerprint density at radius 2 is 2.50 bits per heavy atom. The predicted molar refractivity (Wildman–Crippen MR) is 51.1 cm³/mol. The molecule has 2 nitrogen and oxygen atoms in total. The number of nitrogens with zero attached hydrogens (tertiary/aromatic N) is 1. The number of halogens is 1. The van der Waals surface area contributed by atoms with Crippen LogP contribution in [0.3, 0.4) is 0 Å². The van der Waals surface area contributed by atoms with Crippen LogP contribution < -0.4 is 5.32 Å². The van der Waals surface area contributed by atoms with E-state index in [9.17, 15) is 4.39 Å². The van der Waals surface area contributed by atoms with Crippen molar-refractivity contribution in [1.82, 2.24) is 4.98 Å². The molecule has 0 atom stereocenters. The molecule has 1 aromatic rings. The minimum Gasteiger partial charge on any atom is -0.382 e. The fraction of sp³-hybridized carbons (Fsp3) is 0.375. The number of hydrogen-bond acceptors (Lipinski definition) is 3. The lowest BCUT2D eigenvalue weighted by Crippen LogP contribution is -2.05. The largest absolute Gasteiger partial charge is 0.382 e. The van der Waals surface area contributed by atoms with Gasteiger partial charge in [-0.15, -0.1) is 0 Å². The van der Waals surface area contributed by atoms with E-state index < -0.39 is 0 Å². The third kappa shape index (κ3) is 2.70. The molecule has 0 spiro atoms. The summed E-state index contributed by atoms with van der Waals surface area (Å²) in [6.45, 7) is 0.780. The first-order valence-corrected chi connectivity index (χ1v) is 5.06. The van der Waals surface area contributed by atoms with E-state index in [0.717, 1.165) is 12.3 Å². The summed E-state index contributed by atoms with van der Waals surface area (Å²) in [7, 11) is 0. The molecule has 0 aliphatic rings. The van der Waals surface area contributed by atoms with Gasteiger partial charge in [-0.05, 0) is 12.3 Å². The van der Waals surface area contributed by atoms with Crippen LogP contribution in [0.2, 0.25) is 0 Å². The number of thioether (sulfide) groups is 1. The normalized spacial score (nSPS) is 9.83. The molecule has 0 saturated heterocycles. The van der Waals surface area contributed by atoms with E-state index in [1.165, 1.54) is 6.20 Å². The fourth-order valence-corrected chi connectivity index (χ4v) is 1.11. The van der Waals surface area contributed by atoms with E-state index in [1.807, 2.05) is 6.26 Å². The minimum atomic E-state index is -0.293. The second-order valence-corrected chi connectivity index (χ2v) is 3.26. The fourth-order valence-electron chi connectivity index (χ4n) is 0.806. The van der Waals surface area contributed by atoms with Gasteiger partial charge in [0.2, 0.25) is 0 Å². The number of rotatable bonds is 4. The van der Waals surface area contributed by atoms with E-state index in [0.29, 0.717) is 5.69 Å². The van der Waals surface area contributed by atoms with Gasteiger partial charge < -0.3 is 5.32 Å². The van der Waals surface area contributed by atoms with Crippen LogP contribution in [0.5, 0.6) is 0 Å². The van der Waals surface area contributed by atoms with Crippen molar-refractivity contribution >= 4 is 17.4 Å². The highest BCUT2D eigenvalue weighted by Crippen LogP contribution is 2.10. The van der Waals surface area contributed by atoms with Gasteiger partial charge in [-0.2, -0.15) is 11.8 Å². The van der Waals surface area contributed by atoms with Crippen molar-refractivity contribution < 1.29 is 4.39 Å². The minimum absolute atomic E-state index is 0.293.